The molecule has 0 bridgehead atoms. The highest BCUT2D eigenvalue weighted by molar-refractivity contribution is 9.11. The van der Waals surface area contributed by atoms with Crippen molar-refractivity contribution >= 4 is 76.6 Å². The predicted molar refractivity (Wildman–Crippen MR) is 295 cm³/mol. The molecule has 0 spiro atoms. The van der Waals surface area contributed by atoms with Gasteiger partial charge in [0, 0.05) is 35.8 Å². The molecule has 2 aromatic heterocycles. The van der Waals surface area contributed by atoms with Crippen LogP contribution < -0.4 is 20.1 Å². The number of phenolic OH excluding ortho intramolecular Hbond substituents is 1. The van der Waals surface area contributed by atoms with Gasteiger partial charge in [-0.2, -0.15) is 0 Å². The van der Waals surface area contributed by atoms with Gasteiger partial charge in [0.05, 0.1) is 27.4 Å². The summed E-state index contributed by atoms with van der Waals surface area (Å²) in [5.41, 5.74) is 4.31. The summed E-state index contributed by atoms with van der Waals surface area (Å²) in [5, 5.41) is 31.6. The lowest BCUT2D eigenvalue weighted by Crippen LogP contribution is -2.51. The third-order valence-corrected chi connectivity index (χ3v) is 22.9. The number of benzene rings is 2. The molecule has 2 aromatic carbocycles. The van der Waals surface area contributed by atoms with Crippen LogP contribution in [0, 0.1) is 53.3 Å². The van der Waals surface area contributed by atoms with Gasteiger partial charge >= 0.3 is 0 Å². The molecule has 11 nitrogen and oxygen atoms in total. The van der Waals surface area contributed by atoms with E-state index in [-0.39, 0.29) is 46.7 Å². The zero-order chi connectivity index (χ0) is 50.8. The average molecular weight is 1160 g/mol. The number of hydrogen-bond donors (Lipinski definition) is 4. The van der Waals surface area contributed by atoms with Crippen molar-refractivity contribution in [1.29, 1.82) is 0 Å². The fourth-order valence-electron chi connectivity index (χ4n) is 16.5. The van der Waals surface area contributed by atoms with Crippen molar-refractivity contribution < 1.29 is 34.0 Å². The summed E-state index contributed by atoms with van der Waals surface area (Å²) in [6.07, 6.45) is 21.4. The minimum absolute atomic E-state index is 0.0135. The Kier molecular flexibility index (Phi) is 15.0. The Morgan fingerprint density at radius 2 is 1.59 bits per heavy atom. The van der Waals surface area contributed by atoms with Crippen LogP contribution in [0.5, 0.6) is 16.6 Å². The van der Waals surface area contributed by atoms with Crippen LogP contribution in [-0.4, -0.2) is 56.6 Å². The fourth-order valence-corrected chi connectivity index (χ4v) is 19.2. The minimum atomic E-state index is -0.760. The van der Waals surface area contributed by atoms with E-state index in [0.29, 0.717) is 69.6 Å². The van der Waals surface area contributed by atoms with Crippen LogP contribution in [-0.2, 0) is 27.2 Å². The van der Waals surface area contributed by atoms with Crippen molar-refractivity contribution in [2.24, 2.45) is 46.3 Å². The molecule has 0 radical (unpaired) electrons. The molecular weight excluding hydrogens is 1090 g/mol. The number of carbonyl (C=O) groups excluding carboxylic acids is 2. The van der Waals surface area contributed by atoms with Crippen LogP contribution in [0.2, 0.25) is 0 Å². The van der Waals surface area contributed by atoms with E-state index in [4.69, 9.17) is 19.2 Å². The summed E-state index contributed by atoms with van der Waals surface area (Å²) in [5.74, 6) is 4.02. The largest absolute Gasteiger partial charge is 0.506 e. The maximum Gasteiger partial charge on any atom is 0.226 e. The minimum Gasteiger partial charge on any atom is -0.506 e. The fraction of sp³-hybridized carbons (Fsp3) is 0.655. The van der Waals surface area contributed by atoms with Gasteiger partial charge < -0.3 is 35.1 Å². The summed E-state index contributed by atoms with van der Waals surface area (Å²) >= 11 is 10.3. The summed E-state index contributed by atoms with van der Waals surface area (Å²) < 4.78 is 20.8. The van der Waals surface area contributed by atoms with Crippen LogP contribution in [0.3, 0.4) is 0 Å². The van der Waals surface area contributed by atoms with E-state index >= 15 is 0 Å². The summed E-state index contributed by atoms with van der Waals surface area (Å²) in [7, 11) is 0. The predicted octanol–water partition coefficient (Wildman–Crippen LogP) is 14.4. The van der Waals surface area contributed by atoms with Gasteiger partial charge in [0.2, 0.25) is 11.8 Å². The number of aromatic nitrogens is 2. The molecular formula is C58H74Br2N4O7S2. The van der Waals surface area contributed by atoms with E-state index < -0.39 is 5.60 Å². The van der Waals surface area contributed by atoms with Crippen LogP contribution in [0.4, 0.5) is 10.3 Å². The third-order valence-electron chi connectivity index (χ3n) is 19.8. The highest BCUT2D eigenvalue weighted by Crippen LogP contribution is 2.69. The first-order valence-corrected chi connectivity index (χ1v) is 30.8. The number of nitrogens with one attached hydrogen (secondary N) is 2. The number of anilines is 2. The number of halogens is 2. The smallest absolute Gasteiger partial charge is 0.226 e. The zero-order valence-corrected chi connectivity index (χ0v) is 47.8. The molecule has 1 saturated heterocycles. The molecule has 15 heteroatoms. The van der Waals surface area contributed by atoms with Crippen molar-refractivity contribution in [3.63, 3.8) is 0 Å². The van der Waals surface area contributed by atoms with Gasteiger partial charge in [0.1, 0.15) is 17.6 Å². The molecule has 7 aliphatic rings. The Labute approximate surface area is 456 Å². The topological polar surface area (TPSA) is 152 Å². The van der Waals surface area contributed by atoms with Crippen molar-refractivity contribution in [1.82, 2.24) is 9.97 Å². The summed E-state index contributed by atoms with van der Waals surface area (Å²) in [4.78, 5) is 37.6. The van der Waals surface area contributed by atoms with E-state index in [1.165, 1.54) is 44.9 Å². The number of aliphatic hydroxyl groups is 1. The van der Waals surface area contributed by atoms with E-state index in [9.17, 15) is 19.8 Å². The normalized spacial score (nSPS) is 34.1. The van der Waals surface area contributed by atoms with E-state index in [0.717, 1.165) is 142 Å². The molecule has 394 valence electrons. The zero-order valence-electron chi connectivity index (χ0n) is 43.0. The average Bonchev–Trinajstić information content (AvgIpc) is 4.14. The van der Waals surface area contributed by atoms with Crippen molar-refractivity contribution in [3.05, 3.63) is 72.7 Å². The Morgan fingerprint density at radius 3 is 2.34 bits per heavy atom. The highest BCUT2D eigenvalue weighted by Gasteiger charge is 2.65. The molecule has 3 heterocycles. The Hall–Kier alpha value is -3.08. The monoisotopic (exact) mass is 1160 g/mol. The van der Waals surface area contributed by atoms with Crippen LogP contribution in [0.25, 0.3) is 0 Å². The second-order valence-electron chi connectivity index (χ2n) is 23.7. The molecule has 6 aliphatic carbocycles. The number of carbonyl (C=O) groups is 2. The number of unbranched alkanes of at least 4 members (excludes halogenated alkanes) is 1. The first-order valence-electron chi connectivity index (χ1n) is 27.6. The molecule has 4 aromatic rings. The van der Waals surface area contributed by atoms with Crippen LogP contribution >= 0.6 is 54.5 Å². The maximum absolute atomic E-state index is 14.0. The Bertz CT molecular complexity index is 2690. The Balaban J connectivity index is 0.771. The van der Waals surface area contributed by atoms with Gasteiger partial charge in [-0.25, -0.2) is 9.97 Å². The molecule has 13 atom stereocenters. The number of aryl methyl sites for hydroxylation is 2. The number of aromatic hydroxyl groups is 1. The SMILES string of the molecule is CCCCC1(O)CC(CCC(=O)Nc2ncc(OC3CC(CCC(=O)Nc4ncc(C)s4)C4C5CCc6cc(OC7CCCCO7)ccc6C5CCC34C)s2)C2C3CCc4c(cc(Br)c(O)c4Br)C3CCC21C. The van der Waals surface area contributed by atoms with Gasteiger partial charge in [0.15, 0.2) is 21.6 Å². The van der Waals surface area contributed by atoms with Crippen LogP contribution in [0.15, 0.2) is 45.6 Å². The molecule has 13 unspecified atom stereocenters. The molecule has 1 aliphatic heterocycles. The number of ether oxygens (including phenoxy) is 3. The standard InChI is InChI=1S/C58H74Br2N4O7S2/c1-5-6-22-58(68)29-35(51-41-16-17-42-43(28-44(59)53(67)52(42)60)39(41)21-24-57(51,58)4)12-19-47(66)64-55-62-31-49(73-55)71-45-27-34(11-18-46(65)63-54-61-30-32(2)72-54)50-40-14-10-33-26-36(70-48-9-7-8-25-69-48)13-15-37(33)38(40)20-23-56(45,50)3/h13,15,26,28,30-31,34-35,38-41,45,48,50-51,67-68H,5-12,14,16-25,27,29H2,1-4H3,(H,61,63,65)(H,62,64,66). The number of fused-ring (bicyclic) bond motifs is 10. The van der Waals surface area contributed by atoms with Gasteiger partial charge in [-0.05, 0) is 228 Å². The van der Waals surface area contributed by atoms with Gasteiger partial charge in [-0.1, -0.05) is 51.0 Å². The lowest BCUT2D eigenvalue weighted by atomic mass is 9.51. The maximum atomic E-state index is 14.0. The van der Waals surface area contributed by atoms with Gasteiger partial charge in [-0.15, -0.1) is 11.3 Å². The van der Waals surface area contributed by atoms with E-state index in [2.05, 4.69) is 92.5 Å². The van der Waals surface area contributed by atoms with Crippen molar-refractivity contribution in [2.45, 2.75) is 186 Å². The van der Waals surface area contributed by atoms with E-state index in [1.54, 1.807) is 12.4 Å². The number of hydrogen-bond acceptors (Lipinski definition) is 11. The van der Waals surface area contributed by atoms with E-state index in [1.807, 2.05) is 6.92 Å². The number of phenols is 1. The Morgan fingerprint density at radius 1 is 0.863 bits per heavy atom. The van der Waals surface area contributed by atoms with Gasteiger partial charge in [-0.3, -0.25) is 9.59 Å². The third kappa shape index (κ3) is 9.86. The summed E-state index contributed by atoms with van der Waals surface area (Å²) in [6, 6.07) is 8.89. The lowest BCUT2D eigenvalue weighted by molar-refractivity contribution is -0.117. The quantitative estimate of drug-likeness (QED) is 0.0911. The molecule has 4 N–H and O–H groups in total. The number of nitrogens with zero attached hydrogens (tertiary/aromatic N) is 2. The lowest BCUT2D eigenvalue weighted by Gasteiger charge is -2.54. The highest BCUT2D eigenvalue weighted by atomic mass is 79.9. The molecule has 2 amide bonds. The first kappa shape index (κ1) is 52.0. The van der Waals surface area contributed by atoms with Crippen LogP contribution in [0.1, 0.15) is 175 Å². The molecule has 5 fully saturated rings. The number of thiazole rings is 2. The second kappa shape index (κ2) is 21.0. The number of rotatable bonds is 15. The van der Waals surface area contributed by atoms with Gasteiger partial charge in [0.25, 0.3) is 0 Å². The molecule has 4 saturated carbocycles. The molecule has 73 heavy (non-hydrogen) atoms. The number of amides is 2. The van der Waals surface area contributed by atoms with Crippen molar-refractivity contribution in [3.8, 4) is 16.6 Å². The molecule has 11 rings (SSSR count). The van der Waals surface area contributed by atoms with Crippen molar-refractivity contribution in [2.75, 3.05) is 17.2 Å². The second-order valence-corrected chi connectivity index (χ2v) is 27.5. The summed E-state index contributed by atoms with van der Waals surface area (Å²) in [6.45, 7) is 9.76. The first-order chi connectivity index (χ1) is 35.1.